The summed E-state index contributed by atoms with van der Waals surface area (Å²) >= 11 is 8.35. The van der Waals surface area contributed by atoms with Crippen LogP contribution in [0.3, 0.4) is 0 Å². The molecule has 0 atom stereocenters. The van der Waals surface area contributed by atoms with E-state index in [0.29, 0.717) is 26.7 Å². The van der Waals surface area contributed by atoms with Crippen LogP contribution in [0.15, 0.2) is 64.5 Å². The van der Waals surface area contributed by atoms with Crippen molar-refractivity contribution in [3.8, 4) is 5.69 Å². The van der Waals surface area contributed by atoms with Gasteiger partial charge in [-0.1, -0.05) is 41.6 Å². The third kappa shape index (κ3) is 4.26. The van der Waals surface area contributed by atoms with Crippen molar-refractivity contribution in [3.05, 3.63) is 80.7 Å². The van der Waals surface area contributed by atoms with E-state index in [1.165, 1.54) is 34.1 Å². The van der Waals surface area contributed by atoms with Crippen LogP contribution >= 0.6 is 34.7 Å². The number of rotatable bonds is 5. The summed E-state index contributed by atoms with van der Waals surface area (Å²) in [5.41, 5.74) is 0.891. The molecule has 0 spiro atoms. The Morgan fingerprint density at radius 2 is 2.00 bits per heavy atom. The van der Waals surface area contributed by atoms with E-state index in [0.717, 1.165) is 16.6 Å². The van der Waals surface area contributed by atoms with E-state index in [-0.39, 0.29) is 22.2 Å². The van der Waals surface area contributed by atoms with Crippen LogP contribution in [0, 0.1) is 12.7 Å². The summed E-state index contributed by atoms with van der Waals surface area (Å²) in [6, 6.07) is 15.0. The number of benzene rings is 2. The molecule has 0 fully saturated rings. The molecule has 0 unspecified atom stereocenters. The Bertz CT molecular complexity index is 1310. The van der Waals surface area contributed by atoms with Gasteiger partial charge in [0.25, 0.3) is 5.56 Å². The second kappa shape index (κ2) is 8.59. The molecular formula is C21H15ClFN3O2S2. The predicted octanol–water partition coefficient (Wildman–Crippen LogP) is 5.28. The van der Waals surface area contributed by atoms with Crippen LogP contribution in [0.2, 0.25) is 5.02 Å². The van der Waals surface area contributed by atoms with Crippen molar-refractivity contribution < 1.29 is 9.18 Å². The van der Waals surface area contributed by atoms with Gasteiger partial charge in [-0.05, 0) is 43.3 Å². The van der Waals surface area contributed by atoms with Gasteiger partial charge in [0, 0.05) is 10.6 Å². The summed E-state index contributed by atoms with van der Waals surface area (Å²) < 4.78 is 14.8. The fourth-order valence-electron chi connectivity index (χ4n) is 2.89. The predicted molar refractivity (Wildman–Crippen MR) is 121 cm³/mol. The first-order chi connectivity index (χ1) is 14.4. The molecule has 0 aliphatic heterocycles. The van der Waals surface area contributed by atoms with Gasteiger partial charge in [-0.25, -0.2) is 9.37 Å². The SMILES string of the molecule is Cc1cc2c(=O)n(-c3ccccc3)c(SCC(=O)Nc3ccc(F)c(Cl)c3)nc2s1. The van der Waals surface area contributed by atoms with E-state index in [1.807, 2.05) is 43.3 Å². The molecule has 0 saturated heterocycles. The Hall–Kier alpha value is -2.68. The minimum absolute atomic E-state index is 0.0180. The van der Waals surface area contributed by atoms with Crippen LogP contribution in [0.25, 0.3) is 15.9 Å². The number of aromatic nitrogens is 2. The van der Waals surface area contributed by atoms with Gasteiger partial charge in [-0.3, -0.25) is 14.2 Å². The van der Waals surface area contributed by atoms with E-state index in [4.69, 9.17) is 11.6 Å². The lowest BCUT2D eigenvalue weighted by atomic mass is 10.3. The van der Waals surface area contributed by atoms with E-state index in [9.17, 15) is 14.0 Å². The molecule has 1 amide bonds. The minimum Gasteiger partial charge on any atom is -0.325 e. The second-order valence-corrected chi connectivity index (χ2v) is 9.00. The van der Waals surface area contributed by atoms with Gasteiger partial charge in [0.05, 0.1) is 21.8 Å². The van der Waals surface area contributed by atoms with Crippen LogP contribution in [-0.4, -0.2) is 21.2 Å². The number of hydrogen-bond donors (Lipinski definition) is 1. The minimum atomic E-state index is -0.556. The molecule has 2 aromatic carbocycles. The molecule has 152 valence electrons. The summed E-state index contributed by atoms with van der Waals surface area (Å²) in [6.07, 6.45) is 0. The molecule has 1 N–H and O–H groups in total. The van der Waals surface area contributed by atoms with Crippen molar-refractivity contribution in [2.45, 2.75) is 12.1 Å². The molecule has 0 aliphatic carbocycles. The Balaban J connectivity index is 1.63. The highest BCUT2D eigenvalue weighted by Gasteiger charge is 2.16. The van der Waals surface area contributed by atoms with E-state index in [1.54, 1.807) is 0 Å². The number of thiophene rings is 1. The molecule has 2 aromatic heterocycles. The Kier molecular flexibility index (Phi) is 5.90. The zero-order chi connectivity index (χ0) is 21.3. The fourth-order valence-corrected chi connectivity index (χ4v) is 4.80. The van der Waals surface area contributed by atoms with Gasteiger partial charge in [0.1, 0.15) is 10.6 Å². The molecule has 30 heavy (non-hydrogen) atoms. The number of hydrogen-bond acceptors (Lipinski definition) is 5. The fraction of sp³-hybridized carbons (Fsp3) is 0.0952. The Morgan fingerprint density at radius 3 is 2.73 bits per heavy atom. The average Bonchev–Trinajstić information content (AvgIpc) is 3.10. The summed E-state index contributed by atoms with van der Waals surface area (Å²) in [6.45, 7) is 1.92. The number of nitrogens with one attached hydrogen (secondary N) is 1. The molecule has 0 bridgehead atoms. The largest absolute Gasteiger partial charge is 0.325 e. The normalized spacial score (nSPS) is 11.0. The Labute approximate surface area is 184 Å². The van der Waals surface area contributed by atoms with Gasteiger partial charge in [-0.2, -0.15) is 0 Å². The smallest absolute Gasteiger partial charge is 0.267 e. The monoisotopic (exact) mass is 459 g/mol. The maximum Gasteiger partial charge on any atom is 0.267 e. The van der Waals surface area contributed by atoms with Gasteiger partial charge in [0.2, 0.25) is 5.91 Å². The number of halogens is 2. The summed E-state index contributed by atoms with van der Waals surface area (Å²) in [4.78, 5) is 31.8. The highest BCUT2D eigenvalue weighted by atomic mass is 35.5. The van der Waals surface area contributed by atoms with Crippen molar-refractivity contribution in [1.29, 1.82) is 0 Å². The first-order valence-electron chi connectivity index (χ1n) is 8.88. The topological polar surface area (TPSA) is 64.0 Å². The maximum atomic E-state index is 13.3. The standard InChI is InChI=1S/C21H15ClFN3O2S2/c1-12-9-15-19(30-12)25-21(26(20(15)28)14-5-3-2-4-6-14)29-11-18(27)24-13-7-8-17(23)16(22)10-13/h2-10H,11H2,1H3,(H,24,27). The lowest BCUT2D eigenvalue weighted by molar-refractivity contribution is -0.113. The zero-order valence-electron chi connectivity index (χ0n) is 15.7. The highest BCUT2D eigenvalue weighted by molar-refractivity contribution is 7.99. The molecule has 0 radical (unpaired) electrons. The average molecular weight is 460 g/mol. The van der Waals surface area contributed by atoms with Crippen molar-refractivity contribution >= 4 is 56.5 Å². The number of carbonyl (C=O) groups excluding carboxylic acids is 1. The summed E-state index contributed by atoms with van der Waals surface area (Å²) in [5, 5.41) is 3.58. The van der Waals surface area contributed by atoms with Crippen LogP contribution in [0.4, 0.5) is 10.1 Å². The van der Waals surface area contributed by atoms with Crippen molar-refractivity contribution in [3.63, 3.8) is 0 Å². The molecule has 2 heterocycles. The highest BCUT2D eigenvalue weighted by Crippen LogP contribution is 2.26. The number of anilines is 1. The molecular weight excluding hydrogens is 445 g/mol. The number of aryl methyl sites for hydroxylation is 1. The van der Waals surface area contributed by atoms with Crippen molar-refractivity contribution in [2.24, 2.45) is 0 Å². The maximum absolute atomic E-state index is 13.3. The molecule has 5 nitrogen and oxygen atoms in total. The number of fused-ring (bicyclic) bond motifs is 1. The zero-order valence-corrected chi connectivity index (χ0v) is 18.1. The number of amides is 1. The number of nitrogens with zero attached hydrogens (tertiary/aromatic N) is 2. The van der Waals surface area contributed by atoms with E-state index < -0.39 is 5.82 Å². The molecule has 4 aromatic rings. The second-order valence-electron chi connectivity index (χ2n) is 6.41. The van der Waals surface area contributed by atoms with Crippen LogP contribution in [0.1, 0.15) is 4.88 Å². The quantitative estimate of drug-likeness (QED) is 0.326. The van der Waals surface area contributed by atoms with Crippen molar-refractivity contribution in [1.82, 2.24) is 9.55 Å². The Morgan fingerprint density at radius 1 is 1.23 bits per heavy atom. The van der Waals surface area contributed by atoms with Gasteiger partial charge in [-0.15, -0.1) is 11.3 Å². The van der Waals surface area contributed by atoms with Crippen LogP contribution in [-0.2, 0) is 4.79 Å². The van der Waals surface area contributed by atoms with Gasteiger partial charge < -0.3 is 5.32 Å². The summed E-state index contributed by atoms with van der Waals surface area (Å²) in [5.74, 6) is -0.858. The molecule has 9 heteroatoms. The first kappa shape index (κ1) is 20.6. The van der Waals surface area contributed by atoms with Gasteiger partial charge in [0.15, 0.2) is 5.16 Å². The van der Waals surface area contributed by atoms with E-state index >= 15 is 0 Å². The van der Waals surface area contributed by atoms with E-state index in [2.05, 4.69) is 10.3 Å². The van der Waals surface area contributed by atoms with Gasteiger partial charge >= 0.3 is 0 Å². The lowest BCUT2D eigenvalue weighted by Crippen LogP contribution is -2.22. The van der Waals surface area contributed by atoms with Crippen LogP contribution in [0.5, 0.6) is 0 Å². The number of carbonyl (C=O) groups is 1. The first-order valence-corrected chi connectivity index (χ1v) is 11.1. The molecule has 0 aliphatic rings. The number of para-hydroxylation sites is 1. The molecule has 4 rings (SSSR count). The van der Waals surface area contributed by atoms with Crippen LogP contribution < -0.4 is 10.9 Å². The number of thioether (sulfide) groups is 1. The molecule has 0 saturated carbocycles. The van der Waals surface area contributed by atoms with Crippen molar-refractivity contribution in [2.75, 3.05) is 11.1 Å². The third-order valence-electron chi connectivity index (χ3n) is 4.21. The lowest BCUT2D eigenvalue weighted by Gasteiger charge is -2.12. The summed E-state index contributed by atoms with van der Waals surface area (Å²) in [7, 11) is 0. The third-order valence-corrected chi connectivity index (χ3v) is 6.38.